The second-order valence-corrected chi connectivity index (χ2v) is 4.39. The minimum absolute atomic E-state index is 0.203. The van der Waals surface area contributed by atoms with E-state index in [0.29, 0.717) is 12.2 Å². The summed E-state index contributed by atoms with van der Waals surface area (Å²) in [5.41, 5.74) is 8.15. The zero-order valence-electron chi connectivity index (χ0n) is 9.54. The first kappa shape index (κ1) is 11.1. The Morgan fingerprint density at radius 1 is 1.44 bits per heavy atom. The van der Waals surface area contributed by atoms with Gasteiger partial charge in [-0.3, -0.25) is 4.90 Å². The largest absolute Gasteiger partial charge is 0.399 e. The van der Waals surface area contributed by atoms with Gasteiger partial charge in [0.2, 0.25) is 0 Å². The molecule has 3 heteroatoms. The molecule has 0 amide bonds. The SMILES string of the molecule is CC1=CCN(Cc2ccc(N)cc2F)CC1. The van der Waals surface area contributed by atoms with Crippen molar-refractivity contribution >= 4 is 5.69 Å². The summed E-state index contributed by atoms with van der Waals surface area (Å²) in [5, 5.41) is 0. The van der Waals surface area contributed by atoms with E-state index in [4.69, 9.17) is 5.73 Å². The maximum absolute atomic E-state index is 13.6. The number of anilines is 1. The molecule has 0 atom stereocenters. The fourth-order valence-corrected chi connectivity index (χ4v) is 1.89. The second-order valence-electron chi connectivity index (χ2n) is 4.39. The van der Waals surface area contributed by atoms with Gasteiger partial charge < -0.3 is 5.73 Å². The van der Waals surface area contributed by atoms with Gasteiger partial charge in [0.25, 0.3) is 0 Å². The summed E-state index contributed by atoms with van der Waals surface area (Å²) >= 11 is 0. The predicted molar refractivity (Wildman–Crippen MR) is 64.5 cm³/mol. The second kappa shape index (κ2) is 4.66. The van der Waals surface area contributed by atoms with Gasteiger partial charge in [-0.1, -0.05) is 17.7 Å². The van der Waals surface area contributed by atoms with Gasteiger partial charge in [0, 0.05) is 30.9 Å². The molecule has 86 valence electrons. The monoisotopic (exact) mass is 220 g/mol. The predicted octanol–water partition coefficient (Wildman–Crippen LogP) is 2.56. The maximum atomic E-state index is 13.6. The average molecular weight is 220 g/mol. The lowest BCUT2D eigenvalue weighted by molar-refractivity contribution is 0.282. The summed E-state index contributed by atoms with van der Waals surface area (Å²) in [6, 6.07) is 4.92. The van der Waals surface area contributed by atoms with Crippen LogP contribution in [0, 0.1) is 5.82 Å². The van der Waals surface area contributed by atoms with Gasteiger partial charge in [-0.25, -0.2) is 4.39 Å². The van der Waals surface area contributed by atoms with Crippen LogP contribution in [0.5, 0.6) is 0 Å². The molecule has 2 nitrogen and oxygen atoms in total. The van der Waals surface area contributed by atoms with Gasteiger partial charge in [-0.15, -0.1) is 0 Å². The van der Waals surface area contributed by atoms with Crippen molar-refractivity contribution in [2.24, 2.45) is 0 Å². The van der Waals surface area contributed by atoms with Crippen molar-refractivity contribution in [3.05, 3.63) is 41.2 Å². The number of hydrogen-bond acceptors (Lipinski definition) is 2. The fourth-order valence-electron chi connectivity index (χ4n) is 1.89. The van der Waals surface area contributed by atoms with E-state index in [2.05, 4.69) is 17.9 Å². The molecule has 16 heavy (non-hydrogen) atoms. The third-order valence-corrected chi connectivity index (χ3v) is 2.99. The number of hydrogen-bond donors (Lipinski definition) is 1. The lowest BCUT2D eigenvalue weighted by Gasteiger charge is -2.25. The van der Waals surface area contributed by atoms with Crippen molar-refractivity contribution in [3.8, 4) is 0 Å². The van der Waals surface area contributed by atoms with Gasteiger partial charge in [0.15, 0.2) is 0 Å². The van der Waals surface area contributed by atoms with Crippen molar-refractivity contribution in [3.63, 3.8) is 0 Å². The van der Waals surface area contributed by atoms with Gasteiger partial charge in [-0.05, 0) is 25.5 Å². The molecule has 0 saturated heterocycles. The molecule has 2 N–H and O–H groups in total. The van der Waals surface area contributed by atoms with E-state index in [1.54, 1.807) is 12.1 Å². The van der Waals surface area contributed by atoms with E-state index in [1.165, 1.54) is 11.6 Å². The van der Waals surface area contributed by atoms with Crippen LogP contribution in [0.2, 0.25) is 0 Å². The van der Waals surface area contributed by atoms with E-state index >= 15 is 0 Å². The minimum atomic E-state index is -0.203. The Morgan fingerprint density at radius 2 is 2.25 bits per heavy atom. The lowest BCUT2D eigenvalue weighted by Crippen LogP contribution is -2.28. The molecular formula is C13H17FN2. The fraction of sp³-hybridized carbons (Fsp3) is 0.385. The Kier molecular flexibility index (Phi) is 3.25. The number of rotatable bonds is 2. The van der Waals surface area contributed by atoms with Gasteiger partial charge >= 0.3 is 0 Å². The summed E-state index contributed by atoms with van der Waals surface area (Å²) in [5.74, 6) is -0.203. The Balaban J connectivity index is 2.04. The van der Waals surface area contributed by atoms with Crippen molar-refractivity contribution in [1.82, 2.24) is 4.90 Å². The van der Waals surface area contributed by atoms with Crippen LogP contribution in [-0.4, -0.2) is 18.0 Å². The Hall–Kier alpha value is -1.35. The van der Waals surface area contributed by atoms with E-state index in [9.17, 15) is 4.39 Å². The number of nitrogens with two attached hydrogens (primary N) is 1. The van der Waals surface area contributed by atoms with E-state index in [0.717, 1.165) is 25.1 Å². The first-order valence-electron chi connectivity index (χ1n) is 5.57. The van der Waals surface area contributed by atoms with Crippen LogP contribution in [0.4, 0.5) is 10.1 Å². The molecular weight excluding hydrogens is 203 g/mol. The van der Waals surface area contributed by atoms with Crippen LogP contribution < -0.4 is 5.73 Å². The first-order valence-corrected chi connectivity index (χ1v) is 5.57. The minimum Gasteiger partial charge on any atom is -0.399 e. The van der Waals surface area contributed by atoms with Crippen LogP contribution >= 0.6 is 0 Å². The summed E-state index contributed by atoms with van der Waals surface area (Å²) in [6.07, 6.45) is 3.29. The molecule has 0 aromatic heterocycles. The zero-order chi connectivity index (χ0) is 11.5. The highest BCUT2D eigenvalue weighted by molar-refractivity contribution is 5.40. The molecule has 1 aromatic rings. The molecule has 0 aliphatic carbocycles. The highest BCUT2D eigenvalue weighted by Crippen LogP contribution is 2.17. The molecule has 1 aromatic carbocycles. The van der Waals surface area contributed by atoms with Crippen LogP contribution in [0.3, 0.4) is 0 Å². The molecule has 0 unspecified atom stereocenters. The van der Waals surface area contributed by atoms with Crippen LogP contribution in [0.25, 0.3) is 0 Å². The summed E-state index contributed by atoms with van der Waals surface area (Å²) in [7, 11) is 0. The van der Waals surface area contributed by atoms with E-state index < -0.39 is 0 Å². The first-order chi connectivity index (χ1) is 7.65. The molecule has 1 aliphatic heterocycles. The Labute approximate surface area is 95.6 Å². The highest BCUT2D eigenvalue weighted by Gasteiger charge is 2.11. The summed E-state index contributed by atoms with van der Waals surface area (Å²) in [4.78, 5) is 2.24. The average Bonchev–Trinajstić information content (AvgIpc) is 2.25. The van der Waals surface area contributed by atoms with Gasteiger partial charge in [0.1, 0.15) is 5.82 Å². The molecule has 2 rings (SSSR count). The quantitative estimate of drug-likeness (QED) is 0.613. The summed E-state index contributed by atoms with van der Waals surface area (Å²) in [6.45, 7) is 4.72. The summed E-state index contributed by atoms with van der Waals surface area (Å²) < 4.78 is 13.6. The Morgan fingerprint density at radius 3 is 2.88 bits per heavy atom. The van der Waals surface area contributed by atoms with Crippen LogP contribution in [-0.2, 0) is 6.54 Å². The maximum Gasteiger partial charge on any atom is 0.129 e. The number of nitrogens with zero attached hydrogens (tertiary/aromatic N) is 1. The van der Waals surface area contributed by atoms with Crippen molar-refractivity contribution < 1.29 is 4.39 Å². The number of benzene rings is 1. The number of nitrogen functional groups attached to an aromatic ring is 1. The third kappa shape index (κ3) is 2.61. The molecule has 0 saturated carbocycles. The molecule has 0 spiro atoms. The Bertz CT molecular complexity index is 412. The van der Waals surface area contributed by atoms with Crippen molar-refractivity contribution in [1.29, 1.82) is 0 Å². The third-order valence-electron chi connectivity index (χ3n) is 2.99. The molecule has 1 aliphatic rings. The van der Waals surface area contributed by atoms with Crippen LogP contribution in [0.15, 0.2) is 29.8 Å². The highest BCUT2D eigenvalue weighted by atomic mass is 19.1. The van der Waals surface area contributed by atoms with Crippen LogP contribution in [0.1, 0.15) is 18.9 Å². The van der Waals surface area contributed by atoms with Gasteiger partial charge in [0.05, 0.1) is 0 Å². The smallest absolute Gasteiger partial charge is 0.129 e. The van der Waals surface area contributed by atoms with Gasteiger partial charge in [-0.2, -0.15) is 0 Å². The van der Waals surface area contributed by atoms with E-state index in [-0.39, 0.29) is 5.82 Å². The number of halogens is 1. The molecule has 0 radical (unpaired) electrons. The molecule has 0 fully saturated rings. The van der Waals surface area contributed by atoms with E-state index in [1.807, 2.05) is 0 Å². The molecule has 1 heterocycles. The lowest BCUT2D eigenvalue weighted by atomic mass is 10.1. The normalized spacial score (nSPS) is 17.2. The van der Waals surface area contributed by atoms with Crippen molar-refractivity contribution in [2.75, 3.05) is 18.8 Å². The standard InChI is InChI=1S/C13H17FN2/c1-10-4-6-16(7-5-10)9-11-2-3-12(15)8-13(11)14/h2-4,8H,5-7,9,15H2,1H3. The molecule has 0 bridgehead atoms. The topological polar surface area (TPSA) is 29.3 Å². The van der Waals surface area contributed by atoms with Crippen molar-refractivity contribution in [2.45, 2.75) is 19.9 Å². The zero-order valence-corrected chi connectivity index (χ0v) is 9.54.